The number of hydrogen-bond acceptors (Lipinski definition) is 1. The van der Waals surface area contributed by atoms with E-state index in [2.05, 4.69) is 4.74 Å². The zero-order valence-electron chi connectivity index (χ0n) is 8.62. The zero-order chi connectivity index (χ0) is 13.3. The molecule has 0 unspecified atom stereocenters. The molecule has 0 spiro atoms. The van der Waals surface area contributed by atoms with E-state index in [9.17, 15) is 26.3 Å². The quantitative estimate of drug-likeness (QED) is 0.648. The molecule has 1 rings (SSSR count). The molecule has 17 heavy (non-hydrogen) atoms. The molecule has 0 N–H and O–H groups in total. The molecule has 1 aliphatic carbocycles. The number of ether oxygens (including phenoxy) is 1. The first-order chi connectivity index (χ1) is 7.63. The van der Waals surface area contributed by atoms with E-state index in [1.165, 1.54) is 0 Å². The van der Waals surface area contributed by atoms with Crippen LogP contribution in [0.1, 0.15) is 6.42 Å². The van der Waals surface area contributed by atoms with E-state index in [1.807, 2.05) is 0 Å². The molecule has 1 nitrogen and oxygen atoms in total. The average molecular weight is 258 g/mol. The highest BCUT2D eigenvalue weighted by Crippen LogP contribution is 2.38. The average Bonchev–Trinajstić information content (AvgIpc) is 2.14. The van der Waals surface area contributed by atoms with Crippen LogP contribution in [0.15, 0.2) is 35.1 Å². The monoisotopic (exact) mass is 258 g/mol. The number of hydrogen-bond donors (Lipinski definition) is 0. The highest BCUT2D eigenvalue weighted by molar-refractivity contribution is 5.44. The molecule has 0 aliphatic heterocycles. The van der Waals surface area contributed by atoms with Gasteiger partial charge >= 0.3 is 12.4 Å². The molecule has 7 heteroatoms. The Kier molecular flexibility index (Phi) is 3.59. The van der Waals surface area contributed by atoms with Gasteiger partial charge in [-0.1, -0.05) is 0 Å². The van der Waals surface area contributed by atoms with Gasteiger partial charge < -0.3 is 4.74 Å². The van der Waals surface area contributed by atoms with E-state index in [0.717, 1.165) is 13.2 Å². The van der Waals surface area contributed by atoms with Crippen molar-refractivity contribution in [3.8, 4) is 0 Å². The first-order valence-corrected chi connectivity index (χ1v) is 4.45. The van der Waals surface area contributed by atoms with Gasteiger partial charge in [-0.15, -0.1) is 0 Å². The minimum atomic E-state index is -4.84. The zero-order valence-corrected chi connectivity index (χ0v) is 8.62. The molecule has 0 radical (unpaired) electrons. The Morgan fingerprint density at radius 3 is 2.18 bits per heavy atom. The molecule has 0 aromatic heterocycles. The maximum atomic E-state index is 12.5. The van der Waals surface area contributed by atoms with Crippen molar-refractivity contribution in [2.24, 2.45) is 0 Å². The third-order valence-corrected chi connectivity index (χ3v) is 2.03. The Bertz CT molecular complexity index is 383. The number of rotatable bonds is 1. The lowest BCUT2D eigenvalue weighted by Crippen LogP contribution is -2.18. The van der Waals surface area contributed by atoms with Crippen LogP contribution < -0.4 is 0 Å². The van der Waals surface area contributed by atoms with E-state index in [4.69, 9.17) is 0 Å². The van der Waals surface area contributed by atoms with Crippen LogP contribution in [0.5, 0.6) is 0 Å². The van der Waals surface area contributed by atoms with Crippen LogP contribution >= 0.6 is 0 Å². The van der Waals surface area contributed by atoms with Gasteiger partial charge in [0.15, 0.2) is 0 Å². The summed E-state index contributed by atoms with van der Waals surface area (Å²) < 4.78 is 78.3. The van der Waals surface area contributed by atoms with E-state index in [1.54, 1.807) is 0 Å². The van der Waals surface area contributed by atoms with Crippen molar-refractivity contribution in [2.75, 3.05) is 7.11 Å². The van der Waals surface area contributed by atoms with Gasteiger partial charge in [0.25, 0.3) is 0 Å². The molecule has 0 amide bonds. The van der Waals surface area contributed by atoms with Crippen LogP contribution in [0.3, 0.4) is 0 Å². The molecule has 96 valence electrons. The minimum absolute atomic E-state index is 0.100. The summed E-state index contributed by atoms with van der Waals surface area (Å²) >= 11 is 0. The number of allylic oxidation sites excluding steroid dienone is 5. The Hall–Kier alpha value is -1.40. The fraction of sp³-hybridized carbons (Fsp3) is 0.400. The first-order valence-electron chi connectivity index (χ1n) is 4.45. The summed E-state index contributed by atoms with van der Waals surface area (Å²) in [5.74, 6) is -0.100. The summed E-state index contributed by atoms with van der Waals surface area (Å²) in [7, 11) is 1.15. The van der Waals surface area contributed by atoms with Crippen LogP contribution in [0, 0.1) is 0 Å². The van der Waals surface area contributed by atoms with E-state index in [-0.39, 0.29) is 11.8 Å². The van der Waals surface area contributed by atoms with Crippen molar-refractivity contribution < 1.29 is 31.1 Å². The van der Waals surface area contributed by atoms with Crippen LogP contribution in [0.2, 0.25) is 0 Å². The normalized spacial score (nSPS) is 20.1. The highest BCUT2D eigenvalue weighted by atomic mass is 19.4. The summed E-state index contributed by atoms with van der Waals surface area (Å²) in [6.07, 6.45) is -8.70. The Morgan fingerprint density at radius 1 is 1.18 bits per heavy atom. The van der Waals surface area contributed by atoms with Crippen molar-refractivity contribution in [3.63, 3.8) is 0 Å². The van der Waals surface area contributed by atoms with Crippen LogP contribution in [-0.4, -0.2) is 19.5 Å². The molecule has 0 aromatic rings. The van der Waals surface area contributed by atoms with Gasteiger partial charge in [-0.05, 0) is 24.1 Å². The Labute approximate surface area is 93.1 Å². The molecule has 0 saturated carbocycles. The van der Waals surface area contributed by atoms with Gasteiger partial charge in [0.05, 0.1) is 12.7 Å². The molecule has 0 atom stereocenters. The first kappa shape index (κ1) is 13.7. The van der Waals surface area contributed by atoms with Crippen molar-refractivity contribution in [1.82, 2.24) is 0 Å². The Balaban J connectivity index is 3.16. The predicted octanol–water partition coefficient (Wildman–Crippen LogP) is 3.90. The summed E-state index contributed by atoms with van der Waals surface area (Å²) in [6, 6.07) is 0. The van der Waals surface area contributed by atoms with Gasteiger partial charge in [0.1, 0.15) is 5.76 Å². The second kappa shape index (κ2) is 4.46. The summed E-state index contributed by atoms with van der Waals surface area (Å²) in [4.78, 5) is 0. The highest BCUT2D eigenvalue weighted by Gasteiger charge is 2.39. The lowest BCUT2D eigenvalue weighted by molar-refractivity contribution is -0.0924. The molecule has 1 aliphatic rings. The van der Waals surface area contributed by atoms with Gasteiger partial charge in [-0.25, -0.2) is 0 Å². The van der Waals surface area contributed by atoms with Crippen molar-refractivity contribution in [3.05, 3.63) is 35.1 Å². The van der Waals surface area contributed by atoms with Gasteiger partial charge in [-0.3, -0.25) is 0 Å². The SMILES string of the molecule is COC1=CC/C(=C/C(F)(F)F)C(C(F)(F)F)=C1. The van der Waals surface area contributed by atoms with E-state index >= 15 is 0 Å². The molecular weight excluding hydrogens is 250 g/mol. The van der Waals surface area contributed by atoms with Crippen molar-refractivity contribution in [2.45, 2.75) is 18.8 Å². The smallest absolute Gasteiger partial charge is 0.416 e. The van der Waals surface area contributed by atoms with Gasteiger partial charge in [-0.2, -0.15) is 26.3 Å². The van der Waals surface area contributed by atoms with Crippen molar-refractivity contribution >= 4 is 0 Å². The topological polar surface area (TPSA) is 9.23 Å². The van der Waals surface area contributed by atoms with Gasteiger partial charge in [0, 0.05) is 6.08 Å². The molecule has 0 aromatic carbocycles. The van der Waals surface area contributed by atoms with E-state index < -0.39 is 29.9 Å². The summed E-state index contributed by atoms with van der Waals surface area (Å²) in [6.45, 7) is 0. The standard InChI is InChI=1S/C10H8F6O/c1-17-7-3-2-6(5-9(11,12)13)8(4-7)10(14,15)16/h3-5H,2H2,1H3/b6-5-. The second-order valence-corrected chi connectivity index (χ2v) is 3.28. The number of methoxy groups -OCH3 is 1. The van der Waals surface area contributed by atoms with E-state index in [0.29, 0.717) is 6.08 Å². The summed E-state index contributed by atoms with van der Waals surface area (Å²) in [5.41, 5.74) is -2.14. The third kappa shape index (κ3) is 3.83. The second-order valence-electron chi connectivity index (χ2n) is 3.28. The maximum absolute atomic E-state index is 12.5. The van der Waals surface area contributed by atoms with Crippen LogP contribution in [0.25, 0.3) is 0 Å². The van der Waals surface area contributed by atoms with Crippen LogP contribution in [0.4, 0.5) is 26.3 Å². The van der Waals surface area contributed by atoms with Gasteiger partial charge in [0.2, 0.25) is 0 Å². The molecule has 0 fully saturated rings. The molecule has 0 heterocycles. The maximum Gasteiger partial charge on any atom is 0.416 e. The predicted molar refractivity (Wildman–Crippen MR) is 48.0 cm³/mol. The largest absolute Gasteiger partial charge is 0.497 e. The number of halogens is 6. The number of alkyl halides is 6. The molecule has 0 bridgehead atoms. The fourth-order valence-corrected chi connectivity index (χ4v) is 1.35. The Morgan fingerprint density at radius 2 is 1.76 bits per heavy atom. The lowest BCUT2D eigenvalue weighted by Gasteiger charge is -2.19. The third-order valence-electron chi connectivity index (χ3n) is 2.03. The lowest BCUT2D eigenvalue weighted by atomic mass is 9.96. The van der Waals surface area contributed by atoms with Crippen LogP contribution in [-0.2, 0) is 4.74 Å². The summed E-state index contributed by atoms with van der Waals surface area (Å²) in [5, 5.41) is 0. The van der Waals surface area contributed by atoms with Crippen molar-refractivity contribution in [1.29, 1.82) is 0 Å². The molecule has 0 saturated heterocycles. The molecular formula is C10H8F6O. The fourth-order valence-electron chi connectivity index (χ4n) is 1.35. The minimum Gasteiger partial charge on any atom is -0.497 e.